The number of carbonyl (C=O) groups excluding carboxylic acids is 1. The van der Waals surface area contributed by atoms with Crippen LogP contribution >= 0.6 is 0 Å². The van der Waals surface area contributed by atoms with Crippen LogP contribution in [-0.4, -0.2) is 62.4 Å². The Balaban J connectivity index is 1.27. The van der Waals surface area contributed by atoms with E-state index in [1.54, 1.807) is 11.1 Å². The first-order valence-electron chi connectivity index (χ1n) is 14.0. The highest BCUT2D eigenvalue weighted by atomic mass is 16.6. The Morgan fingerprint density at radius 2 is 1.75 bits per heavy atom. The van der Waals surface area contributed by atoms with Gasteiger partial charge in [0.05, 0.1) is 11.3 Å². The number of pyridine rings is 2. The molecule has 1 amide bonds. The molecule has 1 aromatic carbocycles. The minimum absolute atomic E-state index is 0.219. The molecule has 2 fully saturated rings. The molecule has 2 aliphatic rings. The maximum Gasteiger partial charge on any atom is 0.410 e. The first-order valence-corrected chi connectivity index (χ1v) is 14.0. The summed E-state index contributed by atoms with van der Waals surface area (Å²) in [5.74, 6) is 1.20. The van der Waals surface area contributed by atoms with Crippen molar-refractivity contribution < 1.29 is 9.53 Å². The van der Waals surface area contributed by atoms with E-state index in [9.17, 15) is 4.79 Å². The highest BCUT2D eigenvalue weighted by molar-refractivity contribution is 5.82. The van der Waals surface area contributed by atoms with Crippen molar-refractivity contribution in [3.8, 4) is 22.6 Å². The molecule has 208 valence electrons. The Morgan fingerprint density at radius 1 is 1.02 bits per heavy atom. The van der Waals surface area contributed by atoms with Gasteiger partial charge in [-0.25, -0.2) is 24.4 Å². The fraction of sp³-hybridized carbons (Fsp3) is 0.419. The van der Waals surface area contributed by atoms with Crippen LogP contribution in [0.4, 0.5) is 10.6 Å². The van der Waals surface area contributed by atoms with Gasteiger partial charge in [-0.05, 0) is 76.1 Å². The summed E-state index contributed by atoms with van der Waals surface area (Å²) in [5, 5.41) is 2.34. The van der Waals surface area contributed by atoms with Gasteiger partial charge in [0.2, 0.25) is 0 Å². The van der Waals surface area contributed by atoms with Crippen molar-refractivity contribution >= 4 is 23.1 Å². The molecule has 4 aromatic rings. The lowest BCUT2D eigenvalue weighted by Gasteiger charge is -2.54. The van der Waals surface area contributed by atoms with Gasteiger partial charge in [-0.1, -0.05) is 30.3 Å². The van der Waals surface area contributed by atoms with Gasteiger partial charge in [-0.2, -0.15) is 0 Å². The van der Waals surface area contributed by atoms with Crippen LogP contribution in [0.25, 0.3) is 33.8 Å². The van der Waals surface area contributed by atoms with Crippen LogP contribution in [0.2, 0.25) is 0 Å². The predicted octanol–water partition coefficient (Wildman–Crippen LogP) is 5.49. The molecule has 9 heteroatoms. The van der Waals surface area contributed by atoms with Crippen molar-refractivity contribution in [2.45, 2.75) is 58.1 Å². The summed E-state index contributed by atoms with van der Waals surface area (Å²) in [4.78, 5) is 28.8. The van der Waals surface area contributed by atoms with Gasteiger partial charge < -0.3 is 20.4 Å². The number of rotatable bonds is 4. The van der Waals surface area contributed by atoms with E-state index in [0.29, 0.717) is 5.82 Å². The summed E-state index contributed by atoms with van der Waals surface area (Å²) in [6.45, 7) is 7.43. The number of benzene rings is 1. The molecule has 1 saturated heterocycles. The summed E-state index contributed by atoms with van der Waals surface area (Å²) in [6, 6.07) is 18.3. The third-order valence-electron chi connectivity index (χ3n) is 8.28. The number of imidazole rings is 1. The SMILES string of the molecule is CN(C(=O)OC(C)(C)C)C1CC2(CCN(n3c(-c4cccnc4N)nc4ccc(-c5ccccc5)nc43)CC2)C1. The molecule has 1 saturated carbocycles. The maximum atomic E-state index is 12.6. The van der Waals surface area contributed by atoms with Gasteiger partial charge in [0, 0.05) is 37.9 Å². The minimum atomic E-state index is -0.491. The monoisotopic (exact) mass is 539 g/mol. The third kappa shape index (κ3) is 4.85. The number of hydrogen-bond acceptors (Lipinski definition) is 7. The van der Waals surface area contributed by atoms with Crippen LogP contribution < -0.4 is 10.7 Å². The molecular weight excluding hydrogens is 502 g/mol. The van der Waals surface area contributed by atoms with E-state index >= 15 is 0 Å². The molecule has 1 aliphatic heterocycles. The number of ether oxygens (including phenoxy) is 1. The van der Waals surface area contributed by atoms with Gasteiger partial charge in [-0.3, -0.25) is 0 Å². The number of carbonyl (C=O) groups is 1. The zero-order valence-electron chi connectivity index (χ0n) is 23.7. The number of nitrogen functional groups attached to an aromatic ring is 1. The van der Waals surface area contributed by atoms with Crippen molar-refractivity contribution in [3.63, 3.8) is 0 Å². The Hall–Kier alpha value is -4.14. The lowest BCUT2D eigenvalue weighted by atomic mass is 9.60. The number of fused-ring (bicyclic) bond motifs is 1. The van der Waals surface area contributed by atoms with Crippen molar-refractivity contribution in [2.24, 2.45) is 5.41 Å². The summed E-state index contributed by atoms with van der Waals surface area (Å²) in [5.41, 5.74) is 10.5. The molecule has 1 aliphatic carbocycles. The van der Waals surface area contributed by atoms with Gasteiger partial charge in [0.1, 0.15) is 16.9 Å². The topological polar surface area (TPSA) is 102 Å². The molecule has 2 N–H and O–H groups in total. The number of aromatic nitrogens is 4. The van der Waals surface area contributed by atoms with E-state index in [-0.39, 0.29) is 17.6 Å². The summed E-state index contributed by atoms with van der Waals surface area (Å²) in [6.07, 6.45) is 5.52. The first kappa shape index (κ1) is 26.1. The van der Waals surface area contributed by atoms with Crippen LogP contribution in [0.1, 0.15) is 46.5 Å². The van der Waals surface area contributed by atoms with Crippen LogP contribution in [-0.2, 0) is 4.74 Å². The third-order valence-corrected chi connectivity index (χ3v) is 8.28. The lowest BCUT2D eigenvalue weighted by molar-refractivity contribution is -0.0288. The Morgan fingerprint density at radius 3 is 2.42 bits per heavy atom. The predicted molar refractivity (Wildman–Crippen MR) is 157 cm³/mol. The van der Waals surface area contributed by atoms with E-state index in [1.807, 2.05) is 70.3 Å². The number of piperidine rings is 1. The minimum Gasteiger partial charge on any atom is -0.444 e. The normalized spacial score (nSPS) is 17.1. The largest absolute Gasteiger partial charge is 0.444 e. The number of nitrogens with zero attached hydrogens (tertiary/aromatic N) is 6. The van der Waals surface area contributed by atoms with E-state index in [4.69, 9.17) is 20.4 Å². The van der Waals surface area contributed by atoms with Gasteiger partial charge in [0.15, 0.2) is 11.5 Å². The molecule has 1 spiro atoms. The summed E-state index contributed by atoms with van der Waals surface area (Å²) in [7, 11) is 1.86. The van der Waals surface area contributed by atoms with Crippen LogP contribution in [0.5, 0.6) is 0 Å². The second-order valence-corrected chi connectivity index (χ2v) is 12.2. The smallest absolute Gasteiger partial charge is 0.410 e. The second-order valence-electron chi connectivity index (χ2n) is 12.2. The Labute approximate surface area is 235 Å². The molecule has 0 atom stereocenters. The van der Waals surface area contributed by atoms with Crippen molar-refractivity contribution in [3.05, 3.63) is 60.8 Å². The molecule has 0 unspecified atom stereocenters. The van der Waals surface area contributed by atoms with Crippen molar-refractivity contribution in [1.29, 1.82) is 0 Å². The summed E-state index contributed by atoms with van der Waals surface area (Å²) < 4.78 is 7.74. The second kappa shape index (κ2) is 9.80. The lowest BCUT2D eigenvalue weighted by Crippen LogP contribution is -2.57. The molecule has 9 nitrogen and oxygen atoms in total. The molecular formula is C31H37N7O2. The fourth-order valence-electron chi connectivity index (χ4n) is 6.04. The van der Waals surface area contributed by atoms with Gasteiger partial charge >= 0.3 is 6.09 Å². The van der Waals surface area contributed by atoms with E-state index in [1.165, 1.54) is 0 Å². The number of amides is 1. The average Bonchev–Trinajstić information content (AvgIpc) is 3.29. The van der Waals surface area contributed by atoms with Crippen LogP contribution in [0, 0.1) is 5.41 Å². The number of nitrogens with two attached hydrogens (primary N) is 1. The van der Waals surface area contributed by atoms with Crippen LogP contribution in [0.15, 0.2) is 60.8 Å². The molecule has 40 heavy (non-hydrogen) atoms. The highest BCUT2D eigenvalue weighted by Crippen LogP contribution is 2.51. The fourth-order valence-corrected chi connectivity index (χ4v) is 6.04. The molecule has 3 aromatic heterocycles. The highest BCUT2D eigenvalue weighted by Gasteiger charge is 2.49. The maximum absolute atomic E-state index is 12.6. The van der Waals surface area contributed by atoms with E-state index in [2.05, 4.69) is 26.8 Å². The van der Waals surface area contributed by atoms with Gasteiger partial charge in [-0.15, -0.1) is 0 Å². The molecule has 0 bridgehead atoms. The van der Waals surface area contributed by atoms with Crippen LogP contribution in [0.3, 0.4) is 0 Å². The van der Waals surface area contributed by atoms with Crippen molar-refractivity contribution in [2.75, 3.05) is 30.9 Å². The summed E-state index contributed by atoms with van der Waals surface area (Å²) >= 11 is 0. The number of anilines is 1. The zero-order chi connectivity index (χ0) is 28.1. The quantitative estimate of drug-likeness (QED) is 0.366. The Bertz CT molecular complexity index is 1530. The average molecular weight is 540 g/mol. The van der Waals surface area contributed by atoms with Gasteiger partial charge in [0.25, 0.3) is 0 Å². The Kier molecular flexibility index (Phi) is 6.40. The number of hydrogen-bond donors (Lipinski definition) is 1. The van der Waals surface area contributed by atoms with E-state index in [0.717, 1.165) is 72.6 Å². The van der Waals surface area contributed by atoms with Crippen molar-refractivity contribution in [1.82, 2.24) is 24.5 Å². The molecule has 6 rings (SSSR count). The molecule has 0 radical (unpaired) electrons. The van der Waals surface area contributed by atoms with E-state index < -0.39 is 5.60 Å². The molecule has 4 heterocycles. The standard InChI is InChI=1S/C31H37N7O2/c1-30(2,3)40-29(39)36(4)22-19-31(20-22)14-17-37(18-15-31)38-27(23-11-8-16-33-26(23)32)35-25-13-12-24(34-28(25)38)21-9-6-5-7-10-21/h5-13,16,22H,14-15,17-20H2,1-4H3,(H2,32,33). The first-order chi connectivity index (χ1) is 19.1. The zero-order valence-corrected chi connectivity index (χ0v) is 23.7.